The number of aromatic nitrogens is 3. The van der Waals surface area contributed by atoms with Crippen LogP contribution in [0.1, 0.15) is 25.3 Å². The number of rotatable bonds is 8. The Morgan fingerprint density at radius 3 is 2.68 bits per heavy atom. The summed E-state index contributed by atoms with van der Waals surface area (Å²) in [6.07, 6.45) is 1.62. The first-order chi connectivity index (χ1) is 13.5. The van der Waals surface area contributed by atoms with Crippen LogP contribution in [0.3, 0.4) is 0 Å². The summed E-state index contributed by atoms with van der Waals surface area (Å²) in [6, 6.07) is 17.7. The standard InChI is InChI=1S/C21H23ClN4OS/c1-15(2)19(16-7-4-3-5-8-16)12-23-20(27)13-28-21-25-24-14-26(21)18-10-6-9-17(22)11-18/h3-11,14-15,19H,12-13H2,1-2H3,(H,23,27). The van der Waals surface area contributed by atoms with E-state index < -0.39 is 0 Å². The Morgan fingerprint density at radius 1 is 1.18 bits per heavy atom. The lowest BCUT2D eigenvalue weighted by Gasteiger charge is -2.21. The molecule has 0 aliphatic carbocycles. The normalized spacial score (nSPS) is 12.1. The van der Waals surface area contributed by atoms with Crippen LogP contribution in [0, 0.1) is 5.92 Å². The lowest BCUT2D eigenvalue weighted by molar-refractivity contribution is -0.118. The lowest BCUT2D eigenvalue weighted by Crippen LogP contribution is -2.31. The van der Waals surface area contributed by atoms with Gasteiger partial charge in [-0.15, -0.1) is 10.2 Å². The summed E-state index contributed by atoms with van der Waals surface area (Å²) in [5.41, 5.74) is 2.11. The Morgan fingerprint density at radius 2 is 1.96 bits per heavy atom. The van der Waals surface area contributed by atoms with Crippen LogP contribution in [0.15, 0.2) is 66.1 Å². The molecule has 0 aliphatic heterocycles. The molecular formula is C21H23ClN4OS. The fourth-order valence-electron chi connectivity index (χ4n) is 2.97. The van der Waals surface area contributed by atoms with Crippen LogP contribution in [0.25, 0.3) is 5.69 Å². The number of carbonyl (C=O) groups is 1. The summed E-state index contributed by atoms with van der Waals surface area (Å²) < 4.78 is 1.82. The van der Waals surface area contributed by atoms with Gasteiger partial charge in [-0.1, -0.05) is 73.6 Å². The topological polar surface area (TPSA) is 59.8 Å². The van der Waals surface area contributed by atoms with E-state index in [9.17, 15) is 4.79 Å². The first kappa shape index (κ1) is 20.4. The van der Waals surface area contributed by atoms with Gasteiger partial charge in [0.05, 0.1) is 11.4 Å². The van der Waals surface area contributed by atoms with E-state index >= 15 is 0 Å². The van der Waals surface area contributed by atoms with Crippen molar-refractivity contribution in [3.05, 3.63) is 71.5 Å². The van der Waals surface area contributed by atoms with E-state index in [1.165, 1.54) is 17.3 Å². The molecule has 0 bridgehead atoms. The van der Waals surface area contributed by atoms with Crippen molar-refractivity contribution in [3.63, 3.8) is 0 Å². The van der Waals surface area contributed by atoms with E-state index in [0.717, 1.165) is 5.69 Å². The maximum Gasteiger partial charge on any atom is 0.230 e. The maximum absolute atomic E-state index is 12.4. The molecule has 2 aromatic carbocycles. The molecule has 0 saturated heterocycles. The summed E-state index contributed by atoms with van der Waals surface area (Å²) >= 11 is 7.42. The van der Waals surface area contributed by atoms with E-state index in [2.05, 4.69) is 41.5 Å². The molecule has 1 unspecified atom stereocenters. The number of carbonyl (C=O) groups excluding carboxylic acids is 1. The molecule has 28 heavy (non-hydrogen) atoms. The van der Waals surface area contributed by atoms with Gasteiger partial charge in [-0.25, -0.2) is 0 Å². The van der Waals surface area contributed by atoms with Crippen LogP contribution in [-0.4, -0.2) is 33.0 Å². The predicted octanol–water partition coefficient (Wildman–Crippen LogP) is 4.57. The van der Waals surface area contributed by atoms with Gasteiger partial charge < -0.3 is 5.32 Å². The molecule has 5 nitrogen and oxygen atoms in total. The second-order valence-electron chi connectivity index (χ2n) is 6.82. The zero-order valence-electron chi connectivity index (χ0n) is 15.9. The molecule has 146 valence electrons. The Labute approximate surface area is 174 Å². The zero-order valence-corrected chi connectivity index (χ0v) is 17.5. The smallest absolute Gasteiger partial charge is 0.230 e. The molecule has 0 fully saturated rings. The number of hydrogen-bond acceptors (Lipinski definition) is 4. The highest BCUT2D eigenvalue weighted by atomic mass is 35.5. The summed E-state index contributed by atoms with van der Waals surface area (Å²) in [4.78, 5) is 12.4. The van der Waals surface area contributed by atoms with Gasteiger partial charge >= 0.3 is 0 Å². The van der Waals surface area contributed by atoms with Gasteiger partial charge in [-0.3, -0.25) is 9.36 Å². The summed E-state index contributed by atoms with van der Waals surface area (Å²) in [5.74, 6) is 0.970. The molecule has 0 aliphatic rings. The van der Waals surface area contributed by atoms with Crippen LogP contribution in [0.5, 0.6) is 0 Å². The Kier molecular flexibility index (Phi) is 7.12. The van der Waals surface area contributed by atoms with Crippen molar-refractivity contribution in [1.82, 2.24) is 20.1 Å². The van der Waals surface area contributed by atoms with E-state index in [4.69, 9.17) is 11.6 Å². The number of benzene rings is 2. The number of nitrogens with zero attached hydrogens (tertiary/aromatic N) is 3. The fraction of sp³-hybridized carbons (Fsp3) is 0.286. The molecule has 1 heterocycles. The van der Waals surface area contributed by atoms with Gasteiger partial charge in [-0.2, -0.15) is 0 Å². The number of halogens is 1. The highest BCUT2D eigenvalue weighted by molar-refractivity contribution is 7.99. The van der Waals surface area contributed by atoms with Gasteiger partial charge in [0.25, 0.3) is 0 Å². The second kappa shape index (κ2) is 9.75. The van der Waals surface area contributed by atoms with Crippen molar-refractivity contribution in [1.29, 1.82) is 0 Å². The second-order valence-corrected chi connectivity index (χ2v) is 8.20. The van der Waals surface area contributed by atoms with Crippen LogP contribution >= 0.6 is 23.4 Å². The lowest BCUT2D eigenvalue weighted by atomic mass is 9.88. The minimum atomic E-state index is -0.0211. The third-order valence-electron chi connectivity index (χ3n) is 4.49. The van der Waals surface area contributed by atoms with Crippen LogP contribution < -0.4 is 5.32 Å². The summed E-state index contributed by atoms with van der Waals surface area (Å²) in [5, 5.41) is 12.4. The molecule has 3 aromatic rings. The molecule has 1 atom stereocenters. The average Bonchev–Trinajstić information content (AvgIpc) is 3.16. The van der Waals surface area contributed by atoms with Crippen molar-refractivity contribution in [3.8, 4) is 5.69 Å². The molecular weight excluding hydrogens is 392 g/mol. The van der Waals surface area contributed by atoms with Crippen molar-refractivity contribution in [2.24, 2.45) is 5.92 Å². The summed E-state index contributed by atoms with van der Waals surface area (Å²) in [6.45, 7) is 4.96. The molecule has 3 rings (SSSR count). The van der Waals surface area contributed by atoms with Crippen LogP contribution in [-0.2, 0) is 4.79 Å². The third-order valence-corrected chi connectivity index (χ3v) is 5.66. The summed E-state index contributed by atoms with van der Waals surface area (Å²) in [7, 11) is 0. The molecule has 0 saturated carbocycles. The van der Waals surface area contributed by atoms with Crippen molar-refractivity contribution in [2.45, 2.75) is 24.9 Å². The zero-order chi connectivity index (χ0) is 19.9. The molecule has 0 spiro atoms. The molecule has 1 amide bonds. The van der Waals surface area contributed by atoms with Gasteiger partial charge in [0.2, 0.25) is 5.91 Å². The van der Waals surface area contributed by atoms with E-state index in [1.807, 2.05) is 47.0 Å². The van der Waals surface area contributed by atoms with Gasteiger partial charge in [-0.05, 0) is 29.7 Å². The van der Waals surface area contributed by atoms with Crippen LogP contribution in [0.2, 0.25) is 5.02 Å². The largest absolute Gasteiger partial charge is 0.355 e. The van der Waals surface area contributed by atoms with Gasteiger partial charge in [0.15, 0.2) is 5.16 Å². The first-order valence-electron chi connectivity index (χ1n) is 9.15. The minimum Gasteiger partial charge on any atom is -0.355 e. The SMILES string of the molecule is CC(C)C(CNC(=O)CSc1nncn1-c1cccc(Cl)c1)c1ccccc1. The number of amides is 1. The van der Waals surface area contributed by atoms with E-state index in [1.54, 1.807) is 6.33 Å². The molecule has 0 radical (unpaired) electrons. The van der Waals surface area contributed by atoms with E-state index in [-0.39, 0.29) is 17.6 Å². The first-order valence-corrected chi connectivity index (χ1v) is 10.5. The van der Waals surface area contributed by atoms with Crippen molar-refractivity contribution < 1.29 is 4.79 Å². The number of nitrogens with one attached hydrogen (secondary N) is 1. The fourth-order valence-corrected chi connectivity index (χ4v) is 3.91. The number of hydrogen-bond donors (Lipinski definition) is 1. The van der Waals surface area contributed by atoms with Crippen LogP contribution in [0.4, 0.5) is 0 Å². The minimum absolute atomic E-state index is 0.0211. The maximum atomic E-state index is 12.4. The molecule has 1 aromatic heterocycles. The van der Waals surface area contributed by atoms with Crippen molar-refractivity contribution >= 4 is 29.3 Å². The average molecular weight is 415 g/mol. The Bertz CT molecular complexity index is 914. The monoisotopic (exact) mass is 414 g/mol. The Hall–Kier alpha value is -2.31. The van der Waals surface area contributed by atoms with Gasteiger partial charge in [0.1, 0.15) is 6.33 Å². The molecule has 7 heteroatoms. The third kappa shape index (κ3) is 5.36. The predicted molar refractivity (Wildman–Crippen MR) is 114 cm³/mol. The highest BCUT2D eigenvalue weighted by Crippen LogP contribution is 2.24. The molecule has 1 N–H and O–H groups in total. The quantitative estimate of drug-likeness (QED) is 0.548. The van der Waals surface area contributed by atoms with Crippen molar-refractivity contribution in [2.75, 3.05) is 12.3 Å². The Balaban J connectivity index is 1.57. The highest BCUT2D eigenvalue weighted by Gasteiger charge is 2.17. The number of thioether (sulfide) groups is 1. The van der Waals surface area contributed by atoms with Gasteiger partial charge in [0, 0.05) is 17.5 Å². The van der Waals surface area contributed by atoms with E-state index in [0.29, 0.717) is 22.6 Å².